The van der Waals surface area contributed by atoms with Gasteiger partial charge in [0.1, 0.15) is 5.82 Å². The molecule has 20 heavy (non-hydrogen) atoms. The molecule has 0 saturated heterocycles. The van der Waals surface area contributed by atoms with Crippen molar-refractivity contribution in [3.63, 3.8) is 0 Å². The Kier molecular flexibility index (Phi) is 7.88. The predicted octanol–water partition coefficient (Wildman–Crippen LogP) is 2.21. The number of nitrogens with zero attached hydrogens (tertiary/aromatic N) is 1. The van der Waals surface area contributed by atoms with E-state index in [0.29, 0.717) is 13.0 Å². The molecule has 1 aromatic heterocycles. The normalized spacial score (nSPS) is 14.6. The lowest BCUT2D eigenvalue weighted by atomic mass is 10.4. The number of hydrogen-bond donors (Lipinski definition) is 3. The monoisotopic (exact) mass is 321 g/mol. The highest BCUT2D eigenvalue weighted by Gasteiger charge is 2.21. The zero-order valence-electron chi connectivity index (χ0n) is 11.0. The third kappa shape index (κ3) is 8.35. The molecule has 0 bridgehead atoms. The molecule has 7 nitrogen and oxygen atoms in total. The minimum absolute atomic E-state index is 0.0183. The summed E-state index contributed by atoms with van der Waals surface area (Å²) >= 11 is 0. The number of rotatable bonds is 10. The van der Waals surface area contributed by atoms with Gasteiger partial charge in [-0.15, -0.1) is 0 Å². The first kappa shape index (κ1) is 17.2. The second-order valence-corrected chi connectivity index (χ2v) is 7.25. The Hall–Kier alpha value is -0.840. The van der Waals surface area contributed by atoms with Crippen LogP contribution in [0.3, 0.4) is 0 Å². The number of aromatic nitrogens is 1. The number of hydrogen-bond acceptors (Lipinski definition) is 5. The van der Waals surface area contributed by atoms with E-state index >= 15 is 0 Å². The molecule has 3 N–H and O–H groups in total. The fourth-order valence-corrected chi connectivity index (χ4v) is 3.21. The Morgan fingerprint density at radius 1 is 1.40 bits per heavy atom. The van der Waals surface area contributed by atoms with Gasteiger partial charge in [0.2, 0.25) is 0 Å². The van der Waals surface area contributed by atoms with Crippen LogP contribution in [0.2, 0.25) is 0 Å². The van der Waals surface area contributed by atoms with Gasteiger partial charge >= 0.3 is 15.6 Å². The maximum absolute atomic E-state index is 11.6. The van der Waals surface area contributed by atoms with E-state index in [-0.39, 0.29) is 25.4 Å². The highest BCUT2D eigenvalue weighted by atomic mass is 31.2. The molecule has 0 spiro atoms. The van der Waals surface area contributed by atoms with Gasteiger partial charge in [0.15, 0.2) is 6.16 Å². The van der Waals surface area contributed by atoms with Gasteiger partial charge in [-0.25, -0.2) is 4.98 Å². The van der Waals surface area contributed by atoms with E-state index in [1.807, 2.05) is 18.2 Å². The summed E-state index contributed by atoms with van der Waals surface area (Å²) in [6.45, 7) is 0.735. The predicted molar refractivity (Wildman–Crippen MR) is 77.3 cm³/mol. The van der Waals surface area contributed by atoms with Gasteiger partial charge in [0.05, 0.1) is 12.8 Å². The zero-order valence-corrected chi connectivity index (χ0v) is 12.8. The third-order valence-electron chi connectivity index (χ3n) is 2.38. The van der Waals surface area contributed by atoms with Gasteiger partial charge in [-0.2, -0.15) is 4.89 Å². The fourth-order valence-electron chi connectivity index (χ4n) is 1.43. The summed E-state index contributed by atoms with van der Waals surface area (Å²) in [4.78, 5) is 22.1. The summed E-state index contributed by atoms with van der Waals surface area (Å²) < 4.78 is 26.9. The summed E-state index contributed by atoms with van der Waals surface area (Å²) in [6.07, 6.45) is 2.36. The lowest BCUT2D eigenvalue weighted by molar-refractivity contribution is 0.258. The van der Waals surface area contributed by atoms with E-state index in [4.69, 9.17) is 9.42 Å². The van der Waals surface area contributed by atoms with Crippen LogP contribution in [0, 0.1) is 0 Å². The molecule has 0 radical (unpaired) electrons. The molecule has 0 saturated carbocycles. The molecule has 0 fully saturated rings. The minimum Gasteiger partial charge on any atom is -0.370 e. The zero-order chi connectivity index (χ0) is 14.8. The first-order valence-electron chi connectivity index (χ1n) is 6.24. The van der Waals surface area contributed by atoms with Crippen molar-refractivity contribution in [2.45, 2.75) is 12.8 Å². The molecule has 1 aromatic rings. The van der Waals surface area contributed by atoms with E-state index < -0.39 is 15.6 Å². The van der Waals surface area contributed by atoms with Crippen LogP contribution in [-0.4, -0.2) is 40.2 Å². The Morgan fingerprint density at radius 2 is 2.20 bits per heavy atom. The maximum Gasteiger partial charge on any atom is 0.505 e. The molecule has 9 heteroatoms. The number of nitrogens with one attached hydrogen (secondary N) is 1. The van der Waals surface area contributed by atoms with Crippen molar-refractivity contribution in [1.29, 1.82) is 0 Å². The standard InChI is InChI=1S/C11H18N2O5P2/c14-19(15)9-4-10-20(16,17)18-8-3-7-13-11-5-1-2-6-12-11/h1-2,5-6H,3-4,7-10H2,(H2-,12,13,14,15,16,17)/p+1. The van der Waals surface area contributed by atoms with Crippen molar-refractivity contribution in [3.05, 3.63) is 24.4 Å². The Bertz CT molecular complexity index is 457. The fraction of sp³-hybridized carbons (Fsp3) is 0.545. The van der Waals surface area contributed by atoms with Crippen molar-refractivity contribution in [1.82, 2.24) is 4.98 Å². The van der Waals surface area contributed by atoms with Crippen LogP contribution in [-0.2, 0) is 13.7 Å². The van der Waals surface area contributed by atoms with Gasteiger partial charge in [0, 0.05) is 19.2 Å². The molecular formula is C11H19N2O5P2+. The van der Waals surface area contributed by atoms with Crippen molar-refractivity contribution in [2.24, 2.45) is 0 Å². The average Bonchev–Trinajstić information content (AvgIpc) is 2.38. The van der Waals surface area contributed by atoms with Crippen molar-refractivity contribution in [2.75, 3.05) is 30.8 Å². The van der Waals surface area contributed by atoms with Gasteiger partial charge < -0.3 is 14.7 Å². The van der Waals surface area contributed by atoms with E-state index in [2.05, 4.69) is 10.3 Å². The lowest BCUT2D eigenvalue weighted by Crippen LogP contribution is -2.06. The molecule has 0 aliphatic rings. The molecule has 1 heterocycles. The average molecular weight is 321 g/mol. The molecule has 0 aliphatic heterocycles. The number of pyridine rings is 1. The Labute approximate surface area is 118 Å². The summed E-state index contributed by atoms with van der Waals surface area (Å²) in [5.41, 5.74) is 0. The minimum atomic E-state index is -3.64. The van der Waals surface area contributed by atoms with Crippen LogP contribution in [0.1, 0.15) is 12.8 Å². The lowest BCUT2D eigenvalue weighted by Gasteiger charge is -2.11. The van der Waals surface area contributed by atoms with Crippen LogP contribution >= 0.6 is 15.6 Å². The van der Waals surface area contributed by atoms with Gasteiger partial charge in [0.25, 0.3) is 0 Å². The van der Waals surface area contributed by atoms with Crippen molar-refractivity contribution >= 4 is 21.4 Å². The smallest absolute Gasteiger partial charge is 0.370 e. The molecule has 112 valence electrons. The second kappa shape index (κ2) is 9.16. The topological polar surface area (TPSA) is 109 Å². The highest BCUT2D eigenvalue weighted by molar-refractivity contribution is 7.52. The van der Waals surface area contributed by atoms with E-state index in [9.17, 15) is 14.0 Å². The SMILES string of the molecule is O=[P+](O)CCCP(=O)(O)OCCCNc1ccccn1. The van der Waals surface area contributed by atoms with E-state index in [1.165, 1.54) is 0 Å². The van der Waals surface area contributed by atoms with Crippen LogP contribution in [0.25, 0.3) is 0 Å². The Balaban J connectivity index is 2.10. The summed E-state index contributed by atoms with van der Waals surface area (Å²) in [5, 5.41) is 3.05. The molecule has 2 atom stereocenters. The summed E-state index contributed by atoms with van der Waals surface area (Å²) in [5.74, 6) is 0.742. The molecule has 1 rings (SSSR count). The van der Waals surface area contributed by atoms with Crippen molar-refractivity contribution in [3.8, 4) is 0 Å². The van der Waals surface area contributed by atoms with E-state index in [1.54, 1.807) is 6.20 Å². The molecular weight excluding hydrogens is 302 g/mol. The summed E-state index contributed by atoms with van der Waals surface area (Å²) in [7, 11) is -5.90. The summed E-state index contributed by atoms with van der Waals surface area (Å²) in [6, 6.07) is 5.50. The van der Waals surface area contributed by atoms with Gasteiger partial charge in [-0.05, 0) is 23.1 Å². The second-order valence-electron chi connectivity index (χ2n) is 4.12. The molecule has 0 aromatic carbocycles. The van der Waals surface area contributed by atoms with Gasteiger partial charge in [-0.3, -0.25) is 4.57 Å². The molecule has 0 amide bonds. The quantitative estimate of drug-likeness (QED) is 0.448. The highest BCUT2D eigenvalue weighted by Crippen LogP contribution is 2.43. The van der Waals surface area contributed by atoms with Crippen LogP contribution < -0.4 is 5.32 Å². The first-order chi connectivity index (χ1) is 9.49. The Morgan fingerprint density at radius 3 is 2.85 bits per heavy atom. The van der Waals surface area contributed by atoms with Crippen LogP contribution in [0.4, 0.5) is 5.82 Å². The van der Waals surface area contributed by atoms with Crippen molar-refractivity contribution < 1.29 is 23.4 Å². The maximum atomic E-state index is 11.6. The molecule has 0 aliphatic carbocycles. The van der Waals surface area contributed by atoms with E-state index in [0.717, 1.165) is 5.82 Å². The molecule has 2 unspecified atom stereocenters. The van der Waals surface area contributed by atoms with Gasteiger partial charge in [-0.1, -0.05) is 6.07 Å². The third-order valence-corrected chi connectivity index (χ3v) is 4.54. The van der Waals surface area contributed by atoms with Crippen LogP contribution in [0.5, 0.6) is 0 Å². The van der Waals surface area contributed by atoms with Crippen LogP contribution in [0.15, 0.2) is 24.4 Å². The first-order valence-corrected chi connectivity index (χ1v) is 9.40. The largest absolute Gasteiger partial charge is 0.505 e. The number of anilines is 1.